The van der Waals surface area contributed by atoms with Gasteiger partial charge in [-0.15, -0.1) is 0 Å². The molecule has 6 heteroatoms. The van der Waals surface area contributed by atoms with Crippen LogP contribution in [-0.2, 0) is 9.59 Å². The lowest BCUT2D eigenvalue weighted by Gasteiger charge is -2.26. The first-order valence-corrected chi connectivity index (χ1v) is 6.59. The zero-order valence-electron chi connectivity index (χ0n) is 11.0. The third-order valence-corrected chi connectivity index (χ3v) is 3.23. The summed E-state index contributed by atoms with van der Waals surface area (Å²) in [5.74, 6) is -2.43. The van der Waals surface area contributed by atoms with Crippen molar-refractivity contribution in [1.82, 2.24) is 4.90 Å². The Morgan fingerprint density at radius 1 is 1.15 bits per heavy atom. The number of carbonyl (C=O) groups is 2. The highest BCUT2D eigenvalue weighted by Crippen LogP contribution is 2.15. The lowest BCUT2D eigenvalue weighted by atomic mass is 10.1. The average molecular weight is 282 g/mol. The standard InChI is InChI=1S/C14H16F2N2O2/c15-10-4-5-12(11(16)8-10)17-13(19)9-14(20)18-6-2-1-3-7-18/h4-5,8H,1-3,6-7,9H2,(H,17,19). The summed E-state index contributed by atoms with van der Waals surface area (Å²) in [6.45, 7) is 1.33. The highest BCUT2D eigenvalue weighted by Gasteiger charge is 2.19. The van der Waals surface area contributed by atoms with E-state index in [0.29, 0.717) is 19.2 Å². The van der Waals surface area contributed by atoms with Gasteiger partial charge in [0.05, 0.1) is 5.69 Å². The summed E-state index contributed by atoms with van der Waals surface area (Å²) in [5, 5.41) is 2.28. The molecule has 0 saturated carbocycles. The Morgan fingerprint density at radius 3 is 2.50 bits per heavy atom. The number of nitrogens with one attached hydrogen (secondary N) is 1. The number of hydrogen-bond donors (Lipinski definition) is 1. The number of anilines is 1. The molecule has 1 aliphatic rings. The van der Waals surface area contributed by atoms with Gasteiger partial charge >= 0.3 is 0 Å². The Balaban J connectivity index is 1.90. The zero-order valence-corrected chi connectivity index (χ0v) is 11.0. The van der Waals surface area contributed by atoms with Gasteiger partial charge in [-0.2, -0.15) is 0 Å². The van der Waals surface area contributed by atoms with Gasteiger partial charge in [-0.05, 0) is 31.4 Å². The van der Waals surface area contributed by atoms with E-state index in [1.54, 1.807) is 4.90 Å². The molecule has 1 aromatic carbocycles. The van der Waals surface area contributed by atoms with E-state index in [-0.39, 0.29) is 18.0 Å². The minimum absolute atomic E-state index is 0.122. The van der Waals surface area contributed by atoms with E-state index >= 15 is 0 Å². The van der Waals surface area contributed by atoms with Gasteiger partial charge in [-0.3, -0.25) is 9.59 Å². The highest BCUT2D eigenvalue weighted by atomic mass is 19.1. The second kappa shape index (κ2) is 6.45. The highest BCUT2D eigenvalue weighted by molar-refractivity contribution is 6.03. The fourth-order valence-corrected chi connectivity index (χ4v) is 2.18. The third-order valence-electron chi connectivity index (χ3n) is 3.23. The monoisotopic (exact) mass is 282 g/mol. The van der Waals surface area contributed by atoms with Crippen LogP contribution in [0.3, 0.4) is 0 Å². The minimum atomic E-state index is -0.858. The topological polar surface area (TPSA) is 49.4 Å². The minimum Gasteiger partial charge on any atom is -0.342 e. The van der Waals surface area contributed by atoms with Crippen LogP contribution in [0.2, 0.25) is 0 Å². The van der Waals surface area contributed by atoms with E-state index in [1.807, 2.05) is 0 Å². The predicted octanol–water partition coefficient (Wildman–Crippen LogP) is 2.31. The molecule has 0 spiro atoms. The molecule has 20 heavy (non-hydrogen) atoms. The molecule has 2 amide bonds. The van der Waals surface area contributed by atoms with Crippen molar-refractivity contribution in [1.29, 1.82) is 0 Å². The van der Waals surface area contributed by atoms with Gasteiger partial charge in [0.1, 0.15) is 18.1 Å². The van der Waals surface area contributed by atoms with Crippen LogP contribution in [0.25, 0.3) is 0 Å². The molecule has 1 aromatic rings. The van der Waals surface area contributed by atoms with Crippen molar-refractivity contribution >= 4 is 17.5 Å². The number of amides is 2. The van der Waals surface area contributed by atoms with E-state index < -0.39 is 17.5 Å². The van der Waals surface area contributed by atoms with E-state index in [2.05, 4.69) is 5.32 Å². The van der Waals surface area contributed by atoms with Gasteiger partial charge in [0.2, 0.25) is 11.8 Å². The van der Waals surface area contributed by atoms with Crippen molar-refractivity contribution in [3.05, 3.63) is 29.8 Å². The molecule has 2 rings (SSSR count). The number of carbonyl (C=O) groups excluding carboxylic acids is 2. The molecule has 0 aromatic heterocycles. The van der Waals surface area contributed by atoms with Gasteiger partial charge in [-0.25, -0.2) is 8.78 Å². The van der Waals surface area contributed by atoms with Gasteiger partial charge < -0.3 is 10.2 Å². The summed E-state index contributed by atoms with van der Waals surface area (Å²) in [7, 11) is 0. The van der Waals surface area contributed by atoms with Crippen LogP contribution in [0.4, 0.5) is 14.5 Å². The van der Waals surface area contributed by atoms with Crippen LogP contribution in [0.5, 0.6) is 0 Å². The van der Waals surface area contributed by atoms with Crippen molar-refractivity contribution in [3.63, 3.8) is 0 Å². The summed E-state index contributed by atoms with van der Waals surface area (Å²) in [6.07, 6.45) is 2.66. The molecule has 1 aliphatic heterocycles. The van der Waals surface area contributed by atoms with E-state index in [9.17, 15) is 18.4 Å². The number of rotatable bonds is 3. The fourth-order valence-electron chi connectivity index (χ4n) is 2.18. The SMILES string of the molecule is O=C(CC(=O)N1CCCCC1)Nc1ccc(F)cc1F. The number of hydrogen-bond acceptors (Lipinski definition) is 2. The molecule has 0 aliphatic carbocycles. The Bertz CT molecular complexity index is 514. The maximum atomic E-state index is 13.4. The lowest BCUT2D eigenvalue weighted by molar-refractivity contribution is -0.135. The molecule has 0 atom stereocenters. The lowest BCUT2D eigenvalue weighted by Crippen LogP contribution is -2.37. The smallest absolute Gasteiger partial charge is 0.233 e. The van der Waals surface area contributed by atoms with Crippen molar-refractivity contribution in [2.45, 2.75) is 25.7 Å². The Kier molecular flexibility index (Phi) is 4.65. The summed E-state index contributed by atoms with van der Waals surface area (Å²) >= 11 is 0. The zero-order chi connectivity index (χ0) is 14.5. The van der Waals surface area contributed by atoms with Crippen LogP contribution < -0.4 is 5.32 Å². The quantitative estimate of drug-likeness (QED) is 0.865. The van der Waals surface area contributed by atoms with Crippen LogP contribution in [-0.4, -0.2) is 29.8 Å². The molecule has 4 nitrogen and oxygen atoms in total. The number of nitrogens with zero attached hydrogens (tertiary/aromatic N) is 1. The van der Waals surface area contributed by atoms with Crippen LogP contribution >= 0.6 is 0 Å². The fraction of sp³-hybridized carbons (Fsp3) is 0.429. The summed E-state index contributed by atoms with van der Waals surface area (Å²) in [6, 6.07) is 2.86. The van der Waals surface area contributed by atoms with Crippen molar-refractivity contribution in [2.75, 3.05) is 18.4 Å². The average Bonchev–Trinajstić information content (AvgIpc) is 2.43. The molecule has 108 valence electrons. The van der Waals surface area contributed by atoms with Crippen molar-refractivity contribution in [2.24, 2.45) is 0 Å². The maximum Gasteiger partial charge on any atom is 0.233 e. The first kappa shape index (κ1) is 14.4. The van der Waals surface area contributed by atoms with Gasteiger partial charge in [0.25, 0.3) is 0 Å². The summed E-state index contributed by atoms with van der Waals surface area (Å²) < 4.78 is 26.1. The molecule has 0 bridgehead atoms. The second-order valence-electron chi connectivity index (χ2n) is 4.79. The predicted molar refractivity (Wildman–Crippen MR) is 70.0 cm³/mol. The van der Waals surface area contributed by atoms with Crippen LogP contribution in [0.15, 0.2) is 18.2 Å². The van der Waals surface area contributed by atoms with Gasteiger partial charge in [-0.1, -0.05) is 0 Å². The normalized spacial score (nSPS) is 15.0. The summed E-state index contributed by atoms with van der Waals surface area (Å²) in [5.41, 5.74) is -0.122. The van der Waals surface area contributed by atoms with Crippen molar-refractivity contribution in [3.8, 4) is 0 Å². The Morgan fingerprint density at radius 2 is 1.85 bits per heavy atom. The van der Waals surface area contributed by atoms with E-state index in [1.165, 1.54) is 0 Å². The maximum absolute atomic E-state index is 13.4. The molecule has 1 heterocycles. The molecule has 1 N–H and O–H groups in total. The number of piperidine rings is 1. The first-order valence-electron chi connectivity index (χ1n) is 6.59. The Labute approximate surface area is 115 Å². The van der Waals surface area contributed by atoms with Crippen molar-refractivity contribution < 1.29 is 18.4 Å². The van der Waals surface area contributed by atoms with Crippen LogP contribution in [0.1, 0.15) is 25.7 Å². The van der Waals surface area contributed by atoms with E-state index in [4.69, 9.17) is 0 Å². The molecular weight excluding hydrogens is 266 g/mol. The molecule has 0 unspecified atom stereocenters. The number of halogens is 2. The van der Waals surface area contributed by atoms with Gasteiger partial charge in [0, 0.05) is 19.2 Å². The first-order chi connectivity index (χ1) is 9.56. The molecule has 1 saturated heterocycles. The second-order valence-corrected chi connectivity index (χ2v) is 4.79. The van der Waals surface area contributed by atoms with Gasteiger partial charge in [0.15, 0.2) is 0 Å². The largest absolute Gasteiger partial charge is 0.342 e. The molecule has 1 fully saturated rings. The van der Waals surface area contributed by atoms with Crippen LogP contribution in [0, 0.1) is 11.6 Å². The summed E-state index contributed by atoms with van der Waals surface area (Å²) in [4.78, 5) is 25.2. The number of benzene rings is 1. The molecular formula is C14H16F2N2O2. The third kappa shape index (κ3) is 3.76. The number of likely N-dealkylation sites (tertiary alicyclic amines) is 1. The molecule has 0 radical (unpaired) electrons. The Hall–Kier alpha value is -1.98. The van der Waals surface area contributed by atoms with E-state index in [0.717, 1.165) is 31.4 Å².